The Labute approximate surface area is 126 Å². The highest BCUT2D eigenvalue weighted by molar-refractivity contribution is 6.39. The zero-order chi connectivity index (χ0) is 14.5. The number of halogens is 2. The summed E-state index contributed by atoms with van der Waals surface area (Å²) in [6.07, 6.45) is 2.92. The molecule has 0 spiro atoms. The van der Waals surface area contributed by atoms with Crippen LogP contribution in [0.4, 0.5) is 11.5 Å². The normalized spacial score (nSPS) is 10.2. The molecule has 2 N–H and O–H groups in total. The van der Waals surface area contributed by atoms with Crippen molar-refractivity contribution in [2.75, 3.05) is 17.2 Å². The summed E-state index contributed by atoms with van der Waals surface area (Å²) in [6.45, 7) is 2.62. The van der Waals surface area contributed by atoms with Crippen molar-refractivity contribution in [1.29, 1.82) is 0 Å². The van der Waals surface area contributed by atoms with Crippen LogP contribution in [-0.2, 0) is 0 Å². The number of aromatic nitrogens is 2. The van der Waals surface area contributed by atoms with E-state index in [4.69, 9.17) is 23.2 Å². The van der Waals surface area contributed by atoms with Gasteiger partial charge in [0.2, 0.25) is 0 Å². The number of carbonyl (C=O) groups is 1. The van der Waals surface area contributed by atoms with E-state index in [0.29, 0.717) is 28.1 Å². The maximum absolute atomic E-state index is 12.1. The van der Waals surface area contributed by atoms with Gasteiger partial charge in [-0.25, -0.2) is 4.98 Å². The molecule has 0 aliphatic carbocycles. The van der Waals surface area contributed by atoms with Crippen LogP contribution in [0, 0.1) is 0 Å². The summed E-state index contributed by atoms with van der Waals surface area (Å²) >= 11 is 12.0. The van der Waals surface area contributed by atoms with Crippen molar-refractivity contribution in [3.63, 3.8) is 0 Å². The fraction of sp³-hybridized carbons (Fsp3) is 0.154. The van der Waals surface area contributed by atoms with Crippen molar-refractivity contribution in [3.05, 3.63) is 46.3 Å². The van der Waals surface area contributed by atoms with Gasteiger partial charge < -0.3 is 10.6 Å². The summed E-state index contributed by atoms with van der Waals surface area (Å²) in [4.78, 5) is 20.2. The van der Waals surface area contributed by atoms with Crippen LogP contribution in [0.2, 0.25) is 10.0 Å². The monoisotopic (exact) mass is 310 g/mol. The Bertz CT molecular complexity index is 613. The highest BCUT2D eigenvalue weighted by Gasteiger charge is 2.13. The van der Waals surface area contributed by atoms with Crippen LogP contribution in [0.25, 0.3) is 0 Å². The van der Waals surface area contributed by atoms with Crippen LogP contribution >= 0.6 is 23.2 Å². The number of hydrogen-bond donors (Lipinski definition) is 2. The van der Waals surface area contributed by atoms with Gasteiger partial charge in [0.05, 0.1) is 28.1 Å². The molecule has 2 rings (SSSR count). The molecule has 0 atom stereocenters. The molecule has 1 heterocycles. The first-order valence-corrected chi connectivity index (χ1v) is 6.68. The molecule has 0 radical (unpaired) electrons. The van der Waals surface area contributed by atoms with E-state index in [9.17, 15) is 4.79 Å². The SMILES string of the molecule is CCNc1cncc(C(=O)Nc2c(Cl)cccc2Cl)n1. The van der Waals surface area contributed by atoms with Crippen molar-refractivity contribution in [2.45, 2.75) is 6.92 Å². The summed E-state index contributed by atoms with van der Waals surface area (Å²) in [6, 6.07) is 4.99. The Morgan fingerprint density at radius 2 is 1.95 bits per heavy atom. The number of para-hydroxylation sites is 1. The first-order chi connectivity index (χ1) is 9.61. The lowest BCUT2D eigenvalue weighted by atomic mass is 10.3. The molecule has 0 aliphatic heterocycles. The number of anilines is 2. The van der Waals surface area contributed by atoms with Gasteiger partial charge in [0.15, 0.2) is 0 Å². The first kappa shape index (κ1) is 14.6. The van der Waals surface area contributed by atoms with Crippen molar-refractivity contribution in [3.8, 4) is 0 Å². The standard InChI is InChI=1S/C13H12Cl2N4O/c1-2-17-11-7-16-6-10(18-11)13(20)19-12-8(14)4-3-5-9(12)15/h3-7H,2H2,1H3,(H,17,18)(H,19,20). The molecule has 1 aromatic carbocycles. The molecule has 1 aromatic heterocycles. The van der Waals surface area contributed by atoms with Gasteiger partial charge in [-0.3, -0.25) is 9.78 Å². The summed E-state index contributed by atoms with van der Waals surface area (Å²) in [7, 11) is 0. The van der Waals surface area contributed by atoms with Crippen LogP contribution in [0.3, 0.4) is 0 Å². The van der Waals surface area contributed by atoms with Gasteiger partial charge in [0.25, 0.3) is 5.91 Å². The molecule has 0 unspecified atom stereocenters. The van der Waals surface area contributed by atoms with Crippen LogP contribution in [0.5, 0.6) is 0 Å². The van der Waals surface area contributed by atoms with E-state index < -0.39 is 5.91 Å². The number of carbonyl (C=O) groups excluding carboxylic acids is 1. The largest absolute Gasteiger partial charge is 0.369 e. The van der Waals surface area contributed by atoms with Crippen LogP contribution < -0.4 is 10.6 Å². The predicted octanol–water partition coefficient (Wildman–Crippen LogP) is 3.47. The number of hydrogen-bond acceptors (Lipinski definition) is 4. The highest BCUT2D eigenvalue weighted by atomic mass is 35.5. The second kappa shape index (κ2) is 6.54. The molecule has 7 heteroatoms. The maximum Gasteiger partial charge on any atom is 0.276 e. The molecular formula is C13H12Cl2N4O. The number of amides is 1. The molecule has 0 aliphatic rings. The van der Waals surface area contributed by atoms with E-state index in [1.165, 1.54) is 6.20 Å². The zero-order valence-corrected chi connectivity index (χ0v) is 12.2. The third-order valence-electron chi connectivity index (χ3n) is 2.43. The minimum Gasteiger partial charge on any atom is -0.369 e. The summed E-state index contributed by atoms with van der Waals surface area (Å²) in [5.74, 6) is 0.109. The maximum atomic E-state index is 12.1. The van der Waals surface area contributed by atoms with Gasteiger partial charge in [-0.05, 0) is 19.1 Å². The van der Waals surface area contributed by atoms with E-state index in [0.717, 1.165) is 0 Å². The predicted molar refractivity (Wildman–Crippen MR) is 80.6 cm³/mol. The molecule has 2 aromatic rings. The molecule has 1 amide bonds. The van der Waals surface area contributed by atoms with Crippen molar-refractivity contribution >= 4 is 40.6 Å². The van der Waals surface area contributed by atoms with E-state index in [-0.39, 0.29) is 5.69 Å². The molecule has 20 heavy (non-hydrogen) atoms. The fourth-order valence-corrected chi connectivity index (χ4v) is 2.03. The summed E-state index contributed by atoms with van der Waals surface area (Å²) < 4.78 is 0. The minimum absolute atomic E-state index is 0.180. The van der Waals surface area contributed by atoms with E-state index >= 15 is 0 Å². The van der Waals surface area contributed by atoms with Crippen molar-refractivity contribution < 1.29 is 4.79 Å². The molecule has 0 saturated carbocycles. The third kappa shape index (κ3) is 3.37. The third-order valence-corrected chi connectivity index (χ3v) is 3.06. The van der Waals surface area contributed by atoms with E-state index in [1.807, 2.05) is 6.92 Å². The van der Waals surface area contributed by atoms with Crippen LogP contribution in [0.15, 0.2) is 30.6 Å². The fourth-order valence-electron chi connectivity index (χ4n) is 1.54. The Balaban J connectivity index is 2.22. The van der Waals surface area contributed by atoms with Gasteiger partial charge >= 0.3 is 0 Å². The zero-order valence-electron chi connectivity index (χ0n) is 10.7. The first-order valence-electron chi connectivity index (χ1n) is 5.93. The lowest BCUT2D eigenvalue weighted by Crippen LogP contribution is -2.15. The quantitative estimate of drug-likeness (QED) is 0.907. The van der Waals surface area contributed by atoms with Gasteiger partial charge in [0.1, 0.15) is 11.5 Å². The second-order valence-corrected chi connectivity index (χ2v) is 4.69. The van der Waals surface area contributed by atoms with E-state index in [2.05, 4.69) is 20.6 Å². The van der Waals surface area contributed by atoms with Gasteiger partial charge in [-0.2, -0.15) is 0 Å². The van der Waals surface area contributed by atoms with Crippen molar-refractivity contribution in [2.24, 2.45) is 0 Å². The number of benzene rings is 1. The van der Waals surface area contributed by atoms with Crippen LogP contribution in [0.1, 0.15) is 17.4 Å². The minimum atomic E-state index is -0.424. The second-order valence-electron chi connectivity index (χ2n) is 3.87. The lowest BCUT2D eigenvalue weighted by Gasteiger charge is -2.09. The smallest absolute Gasteiger partial charge is 0.276 e. The molecular weight excluding hydrogens is 299 g/mol. The number of nitrogens with zero attached hydrogens (tertiary/aromatic N) is 2. The number of nitrogens with one attached hydrogen (secondary N) is 2. The Morgan fingerprint density at radius 3 is 2.60 bits per heavy atom. The molecule has 0 bridgehead atoms. The lowest BCUT2D eigenvalue weighted by molar-refractivity contribution is 0.102. The molecule has 0 saturated heterocycles. The molecule has 0 fully saturated rings. The summed E-state index contributed by atoms with van der Waals surface area (Å²) in [5.41, 5.74) is 0.538. The topological polar surface area (TPSA) is 66.9 Å². The average Bonchev–Trinajstić information content (AvgIpc) is 2.43. The highest BCUT2D eigenvalue weighted by Crippen LogP contribution is 2.30. The molecule has 104 valence electrons. The Hall–Kier alpha value is -1.85. The van der Waals surface area contributed by atoms with Crippen LogP contribution in [-0.4, -0.2) is 22.4 Å². The van der Waals surface area contributed by atoms with Crippen molar-refractivity contribution in [1.82, 2.24) is 9.97 Å². The van der Waals surface area contributed by atoms with Gasteiger partial charge in [0, 0.05) is 6.54 Å². The Morgan fingerprint density at radius 1 is 1.25 bits per heavy atom. The Kier molecular flexibility index (Phi) is 4.76. The average molecular weight is 311 g/mol. The van der Waals surface area contributed by atoms with E-state index in [1.54, 1.807) is 24.4 Å². The molecule has 5 nitrogen and oxygen atoms in total. The number of rotatable bonds is 4. The van der Waals surface area contributed by atoms with Gasteiger partial charge in [-0.1, -0.05) is 29.3 Å². The summed E-state index contributed by atoms with van der Waals surface area (Å²) in [5, 5.41) is 6.34. The van der Waals surface area contributed by atoms with Gasteiger partial charge in [-0.15, -0.1) is 0 Å².